The lowest BCUT2D eigenvalue weighted by Gasteiger charge is -2.11. The van der Waals surface area contributed by atoms with Gasteiger partial charge >= 0.3 is 0 Å². The molecule has 0 bridgehead atoms. The van der Waals surface area contributed by atoms with Gasteiger partial charge in [-0.2, -0.15) is 0 Å². The van der Waals surface area contributed by atoms with Crippen LogP contribution < -0.4 is 10.6 Å². The van der Waals surface area contributed by atoms with E-state index in [-0.39, 0.29) is 0 Å². The van der Waals surface area contributed by atoms with Gasteiger partial charge in [0.1, 0.15) is 10.8 Å². The Morgan fingerprint density at radius 3 is 2.67 bits per heavy atom. The van der Waals surface area contributed by atoms with Gasteiger partial charge in [-0.25, -0.2) is 4.98 Å². The molecule has 1 heterocycles. The van der Waals surface area contributed by atoms with Gasteiger partial charge in [0.15, 0.2) is 0 Å². The SMILES string of the molecule is CN(C)c1cccc(C(N)=S)n1. The van der Waals surface area contributed by atoms with Gasteiger partial charge in [0.2, 0.25) is 0 Å². The molecule has 1 aromatic heterocycles. The highest BCUT2D eigenvalue weighted by atomic mass is 32.1. The molecule has 0 unspecified atom stereocenters. The predicted octanol–water partition coefficient (Wildman–Crippen LogP) is 0.782. The summed E-state index contributed by atoms with van der Waals surface area (Å²) in [6, 6.07) is 5.59. The van der Waals surface area contributed by atoms with E-state index in [1.54, 1.807) is 6.07 Å². The molecule has 3 nitrogen and oxygen atoms in total. The number of thiocarbonyl (C=S) groups is 1. The molecule has 0 atom stereocenters. The molecule has 0 aliphatic heterocycles. The topological polar surface area (TPSA) is 42.1 Å². The summed E-state index contributed by atoms with van der Waals surface area (Å²) in [6.45, 7) is 0. The average Bonchev–Trinajstić information content (AvgIpc) is 2.04. The minimum Gasteiger partial charge on any atom is -0.388 e. The third kappa shape index (κ3) is 1.92. The van der Waals surface area contributed by atoms with Crippen molar-refractivity contribution in [1.29, 1.82) is 0 Å². The fourth-order valence-corrected chi connectivity index (χ4v) is 0.923. The molecule has 0 aromatic carbocycles. The Morgan fingerprint density at radius 2 is 2.17 bits per heavy atom. The molecule has 1 rings (SSSR count). The highest BCUT2D eigenvalue weighted by Gasteiger charge is 2.00. The molecule has 0 saturated heterocycles. The predicted molar refractivity (Wildman–Crippen MR) is 54.5 cm³/mol. The smallest absolute Gasteiger partial charge is 0.128 e. The molecule has 4 heteroatoms. The Labute approximate surface area is 77.2 Å². The normalized spacial score (nSPS) is 9.50. The van der Waals surface area contributed by atoms with Crippen molar-refractivity contribution in [3.8, 4) is 0 Å². The van der Waals surface area contributed by atoms with Gasteiger partial charge in [0.05, 0.1) is 5.69 Å². The van der Waals surface area contributed by atoms with E-state index in [9.17, 15) is 0 Å². The molecule has 1 aromatic rings. The Hall–Kier alpha value is -1.16. The fraction of sp³-hybridized carbons (Fsp3) is 0.250. The van der Waals surface area contributed by atoms with Crippen molar-refractivity contribution in [3.05, 3.63) is 23.9 Å². The quantitative estimate of drug-likeness (QED) is 0.685. The number of rotatable bonds is 2. The van der Waals surface area contributed by atoms with E-state index >= 15 is 0 Å². The third-order valence-corrected chi connectivity index (χ3v) is 1.65. The second-order valence-electron chi connectivity index (χ2n) is 2.64. The second kappa shape index (κ2) is 3.49. The van der Waals surface area contributed by atoms with Crippen molar-refractivity contribution in [2.24, 2.45) is 5.73 Å². The Morgan fingerprint density at radius 1 is 1.50 bits per heavy atom. The van der Waals surface area contributed by atoms with Crippen molar-refractivity contribution < 1.29 is 0 Å². The number of nitrogens with zero attached hydrogens (tertiary/aromatic N) is 2. The molecule has 0 saturated carbocycles. The van der Waals surface area contributed by atoms with Crippen LogP contribution in [0.3, 0.4) is 0 Å². The zero-order valence-corrected chi connectivity index (χ0v) is 7.93. The largest absolute Gasteiger partial charge is 0.388 e. The first-order valence-corrected chi connectivity index (χ1v) is 3.96. The maximum absolute atomic E-state index is 5.43. The lowest BCUT2D eigenvalue weighted by Crippen LogP contribution is -2.15. The lowest BCUT2D eigenvalue weighted by molar-refractivity contribution is 1.06. The van der Waals surface area contributed by atoms with Crippen LogP contribution in [0.25, 0.3) is 0 Å². The summed E-state index contributed by atoms with van der Waals surface area (Å²) in [5.41, 5.74) is 6.10. The lowest BCUT2D eigenvalue weighted by atomic mass is 10.3. The van der Waals surface area contributed by atoms with Crippen LogP contribution in [0.2, 0.25) is 0 Å². The van der Waals surface area contributed by atoms with Crippen LogP contribution in [0, 0.1) is 0 Å². The number of hydrogen-bond donors (Lipinski definition) is 1. The van der Waals surface area contributed by atoms with Crippen molar-refractivity contribution in [3.63, 3.8) is 0 Å². The monoisotopic (exact) mass is 181 g/mol. The Bertz CT molecular complexity index is 296. The maximum atomic E-state index is 5.43. The number of hydrogen-bond acceptors (Lipinski definition) is 3. The fourth-order valence-electron chi connectivity index (χ4n) is 0.810. The van der Waals surface area contributed by atoms with Crippen LogP contribution in [0.15, 0.2) is 18.2 Å². The summed E-state index contributed by atoms with van der Waals surface area (Å²) in [4.78, 5) is 6.47. The summed E-state index contributed by atoms with van der Waals surface area (Å²) >= 11 is 4.80. The van der Waals surface area contributed by atoms with E-state index < -0.39 is 0 Å². The first kappa shape index (κ1) is 8.93. The second-order valence-corrected chi connectivity index (χ2v) is 3.08. The van der Waals surface area contributed by atoms with Gasteiger partial charge in [0.25, 0.3) is 0 Å². The van der Waals surface area contributed by atoms with Gasteiger partial charge in [-0.1, -0.05) is 18.3 Å². The average molecular weight is 181 g/mol. The molecule has 0 radical (unpaired) electrons. The van der Waals surface area contributed by atoms with Crippen LogP contribution in [-0.4, -0.2) is 24.1 Å². The van der Waals surface area contributed by atoms with Gasteiger partial charge in [-0.15, -0.1) is 0 Å². The maximum Gasteiger partial charge on any atom is 0.128 e. The standard InChI is InChI=1S/C8H11N3S/c1-11(2)7-5-3-4-6(10-7)8(9)12/h3-5H,1-2H3,(H2,9,12). The molecule has 0 aliphatic rings. The first-order chi connectivity index (χ1) is 5.61. The highest BCUT2D eigenvalue weighted by molar-refractivity contribution is 7.80. The van der Waals surface area contributed by atoms with E-state index in [1.165, 1.54) is 0 Å². The van der Waals surface area contributed by atoms with Crippen LogP contribution in [-0.2, 0) is 0 Å². The zero-order chi connectivity index (χ0) is 9.14. The summed E-state index contributed by atoms with van der Waals surface area (Å²) < 4.78 is 0. The molecule has 12 heavy (non-hydrogen) atoms. The molecule has 0 spiro atoms. The number of anilines is 1. The van der Waals surface area contributed by atoms with E-state index in [2.05, 4.69) is 4.98 Å². The summed E-state index contributed by atoms with van der Waals surface area (Å²) in [5, 5.41) is 0. The van der Waals surface area contributed by atoms with Crippen LogP contribution in [0.1, 0.15) is 5.69 Å². The molecule has 0 fully saturated rings. The van der Waals surface area contributed by atoms with Crippen LogP contribution in [0.4, 0.5) is 5.82 Å². The van der Waals surface area contributed by atoms with E-state index in [1.807, 2.05) is 31.1 Å². The zero-order valence-electron chi connectivity index (χ0n) is 7.11. The summed E-state index contributed by atoms with van der Waals surface area (Å²) in [5.74, 6) is 0.861. The first-order valence-electron chi connectivity index (χ1n) is 3.55. The van der Waals surface area contributed by atoms with E-state index in [4.69, 9.17) is 18.0 Å². The molecular weight excluding hydrogens is 170 g/mol. The molecule has 64 valence electrons. The summed E-state index contributed by atoms with van der Waals surface area (Å²) in [6.07, 6.45) is 0. The number of aromatic nitrogens is 1. The Kier molecular flexibility index (Phi) is 2.60. The summed E-state index contributed by atoms with van der Waals surface area (Å²) in [7, 11) is 3.84. The molecule has 2 N–H and O–H groups in total. The Balaban J connectivity index is 3.04. The third-order valence-electron chi connectivity index (χ3n) is 1.45. The van der Waals surface area contributed by atoms with E-state index in [0.29, 0.717) is 10.7 Å². The van der Waals surface area contributed by atoms with Crippen molar-refractivity contribution >= 4 is 23.0 Å². The van der Waals surface area contributed by atoms with E-state index in [0.717, 1.165) is 5.82 Å². The van der Waals surface area contributed by atoms with Crippen LogP contribution in [0.5, 0.6) is 0 Å². The van der Waals surface area contributed by atoms with Crippen molar-refractivity contribution in [2.45, 2.75) is 0 Å². The van der Waals surface area contributed by atoms with Gasteiger partial charge < -0.3 is 10.6 Å². The van der Waals surface area contributed by atoms with Crippen LogP contribution >= 0.6 is 12.2 Å². The number of pyridine rings is 1. The molecule has 0 aliphatic carbocycles. The van der Waals surface area contributed by atoms with Crippen molar-refractivity contribution in [2.75, 3.05) is 19.0 Å². The molecule has 0 amide bonds. The van der Waals surface area contributed by atoms with Gasteiger partial charge in [-0.3, -0.25) is 0 Å². The minimum atomic E-state index is 0.332. The molecular formula is C8H11N3S. The van der Waals surface area contributed by atoms with Crippen molar-refractivity contribution in [1.82, 2.24) is 4.98 Å². The highest BCUT2D eigenvalue weighted by Crippen LogP contribution is 2.07. The van der Waals surface area contributed by atoms with Gasteiger partial charge in [-0.05, 0) is 12.1 Å². The van der Waals surface area contributed by atoms with Gasteiger partial charge in [0, 0.05) is 14.1 Å². The minimum absolute atomic E-state index is 0.332. The number of nitrogens with two attached hydrogens (primary N) is 1.